The van der Waals surface area contributed by atoms with E-state index in [9.17, 15) is 4.39 Å². The SMILES string of the molecule is C=C(C)/C=N\C(F)=C(/C)CC. The van der Waals surface area contributed by atoms with Gasteiger partial charge in [-0.15, -0.1) is 0 Å². The molecule has 0 spiro atoms. The van der Waals surface area contributed by atoms with E-state index in [0.717, 1.165) is 5.57 Å². The Balaban J connectivity index is 4.26. The molecule has 0 aromatic rings. The van der Waals surface area contributed by atoms with Gasteiger partial charge in [0, 0.05) is 6.21 Å². The van der Waals surface area contributed by atoms with E-state index in [1.165, 1.54) is 6.21 Å². The summed E-state index contributed by atoms with van der Waals surface area (Å²) in [7, 11) is 0. The summed E-state index contributed by atoms with van der Waals surface area (Å²) in [6.45, 7) is 8.97. The van der Waals surface area contributed by atoms with E-state index in [-0.39, 0.29) is 0 Å². The monoisotopic (exact) mass is 155 g/mol. The lowest BCUT2D eigenvalue weighted by Gasteiger charge is -1.93. The zero-order chi connectivity index (χ0) is 8.85. The van der Waals surface area contributed by atoms with Crippen molar-refractivity contribution in [2.75, 3.05) is 0 Å². The third-order valence-electron chi connectivity index (χ3n) is 1.28. The lowest BCUT2D eigenvalue weighted by atomic mass is 10.2. The number of allylic oxidation sites excluding steroid dienone is 2. The highest BCUT2D eigenvalue weighted by atomic mass is 19.1. The van der Waals surface area contributed by atoms with E-state index < -0.39 is 5.95 Å². The zero-order valence-corrected chi connectivity index (χ0v) is 7.32. The molecule has 0 bridgehead atoms. The van der Waals surface area contributed by atoms with Gasteiger partial charge >= 0.3 is 0 Å². The van der Waals surface area contributed by atoms with Gasteiger partial charge in [-0.1, -0.05) is 13.5 Å². The molecule has 0 saturated heterocycles. The maximum atomic E-state index is 12.8. The summed E-state index contributed by atoms with van der Waals surface area (Å²) in [5.41, 5.74) is 1.42. The van der Waals surface area contributed by atoms with Crippen molar-refractivity contribution < 1.29 is 4.39 Å². The van der Waals surface area contributed by atoms with Crippen LogP contribution in [0.2, 0.25) is 0 Å². The molecule has 0 unspecified atom stereocenters. The predicted molar refractivity (Wildman–Crippen MR) is 47.4 cm³/mol. The van der Waals surface area contributed by atoms with Crippen LogP contribution in [0.4, 0.5) is 4.39 Å². The summed E-state index contributed by atoms with van der Waals surface area (Å²) in [5.74, 6) is -0.393. The van der Waals surface area contributed by atoms with Gasteiger partial charge < -0.3 is 0 Å². The Hall–Kier alpha value is -0.920. The Morgan fingerprint density at radius 1 is 1.55 bits per heavy atom. The Morgan fingerprint density at radius 2 is 2.09 bits per heavy atom. The van der Waals surface area contributed by atoms with Gasteiger partial charge in [0.25, 0.3) is 0 Å². The second-order valence-corrected chi connectivity index (χ2v) is 2.53. The normalized spacial score (nSPS) is 13.5. The first-order chi connectivity index (χ1) is 5.07. The van der Waals surface area contributed by atoms with Crippen LogP contribution in [0.1, 0.15) is 27.2 Å². The molecule has 0 aliphatic rings. The molecule has 0 aromatic heterocycles. The molecule has 0 amide bonds. The molecule has 0 N–H and O–H groups in total. The van der Waals surface area contributed by atoms with Crippen molar-refractivity contribution in [1.29, 1.82) is 0 Å². The van der Waals surface area contributed by atoms with Gasteiger partial charge in [-0.05, 0) is 31.4 Å². The number of halogens is 1. The van der Waals surface area contributed by atoms with Crippen LogP contribution in [-0.4, -0.2) is 6.21 Å². The fourth-order valence-electron chi connectivity index (χ4n) is 0.423. The molecule has 1 nitrogen and oxygen atoms in total. The highest BCUT2D eigenvalue weighted by Crippen LogP contribution is 2.09. The molecular formula is C9H14FN. The molecular weight excluding hydrogens is 141 g/mol. The van der Waals surface area contributed by atoms with E-state index in [2.05, 4.69) is 11.6 Å². The topological polar surface area (TPSA) is 12.4 Å². The van der Waals surface area contributed by atoms with Gasteiger partial charge in [-0.2, -0.15) is 4.39 Å². The smallest absolute Gasteiger partial charge is 0.211 e. The fraction of sp³-hybridized carbons (Fsp3) is 0.444. The molecule has 0 saturated carbocycles. The van der Waals surface area contributed by atoms with Crippen LogP contribution in [0.25, 0.3) is 0 Å². The minimum atomic E-state index is -0.393. The van der Waals surface area contributed by atoms with Gasteiger partial charge in [0.15, 0.2) is 0 Å². The largest absolute Gasteiger partial charge is 0.228 e. The average Bonchev–Trinajstić information content (AvgIpc) is 1.98. The maximum absolute atomic E-state index is 12.8. The molecule has 0 rings (SSSR count). The van der Waals surface area contributed by atoms with Crippen molar-refractivity contribution in [2.24, 2.45) is 4.99 Å². The van der Waals surface area contributed by atoms with Crippen LogP contribution < -0.4 is 0 Å². The molecule has 11 heavy (non-hydrogen) atoms. The highest BCUT2D eigenvalue weighted by Gasteiger charge is 1.94. The number of nitrogens with zero attached hydrogens (tertiary/aromatic N) is 1. The van der Waals surface area contributed by atoms with Crippen molar-refractivity contribution >= 4 is 6.21 Å². The van der Waals surface area contributed by atoms with Crippen LogP contribution in [0.5, 0.6) is 0 Å². The van der Waals surface area contributed by atoms with E-state index in [1.54, 1.807) is 13.8 Å². The van der Waals surface area contributed by atoms with Crippen molar-refractivity contribution in [3.05, 3.63) is 23.7 Å². The standard InChI is InChI=1S/C9H14FN/c1-5-8(4)9(10)11-6-7(2)3/h6H,2,5H2,1,3-4H3/b9-8+,11-6-. The minimum Gasteiger partial charge on any atom is -0.228 e. The molecule has 0 radical (unpaired) electrons. The van der Waals surface area contributed by atoms with Crippen LogP contribution >= 0.6 is 0 Å². The summed E-state index contributed by atoms with van der Waals surface area (Å²) < 4.78 is 12.8. The Bertz CT molecular complexity index is 202. The molecule has 0 atom stereocenters. The molecule has 0 aliphatic carbocycles. The highest BCUT2D eigenvalue weighted by molar-refractivity contribution is 5.77. The quantitative estimate of drug-likeness (QED) is 0.438. The zero-order valence-electron chi connectivity index (χ0n) is 7.32. The van der Waals surface area contributed by atoms with E-state index in [0.29, 0.717) is 12.0 Å². The van der Waals surface area contributed by atoms with E-state index >= 15 is 0 Å². The summed E-state index contributed by atoms with van der Waals surface area (Å²) in [6, 6.07) is 0. The molecule has 0 aromatic carbocycles. The van der Waals surface area contributed by atoms with E-state index in [1.807, 2.05) is 6.92 Å². The summed E-state index contributed by atoms with van der Waals surface area (Å²) in [5, 5.41) is 0. The molecule has 0 fully saturated rings. The second-order valence-electron chi connectivity index (χ2n) is 2.53. The lowest BCUT2D eigenvalue weighted by Crippen LogP contribution is -1.79. The number of hydrogen-bond acceptors (Lipinski definition) is 1. The van der Waals surface area contributed by atoms with Crippen LogP contribution in [-0.2, 0) is 0 Å². The number of rotatable bonds is 3. The summed E-state index contributed by atoms with van der Waals surface area (Å²) in [4.78, 5) is 3.58. The van der Waals surface area contributed by atoms with Gasteiger partial charge in [0.05, 0.1) is 0 Å². The summed E-state index contributed by atoms with van der Waals surface area (Å²) in [6.07, 6.45) is 2.12. The van der Waals surface area contributed by atoms with Crippen LogP contribution in [0.3, 0.4) is 0 Å². The van der Waals surface area contributed by atoms with Gasteiger partial charge in [-0.3, -0.25) is 0 Å². The summed E-state index contributed by atoms with van der Waals surface area (Å²) >= 11 is 0. The molecule has 2 heteroatoms. The maximum Gasteiger partial charge on any atom is 0.211 e. The van der Waals surface area contributed by atoms with Gasteiger partial charge in [0.2, 0.25) is 5.95 Å². The first kappa shape index (κ1) is 10.1. The average molecular weight is 155 g/mol. The molecule has 62 valence electrons. The Labute approximate surface area is 67.3 Å². The van der Waals surface area contributed by atoms with Gasteiger partial charge in [0.1, 0.15) is 0 Å². The first-order valence-corrected chi connectivity index (χ1v) is 3.62. The lowest BCUT2D eigenvalue weighted by molar-refractivity contribution is 0.610. The predicted octanol–water partition coefficient (Wildman–Crippen LogP) is 3.24. The van der Waals surface area contributed by atoms with Crippen molar-refractivity contribution in [3.8, 4) is 0 Å². The van der Waals surface area contributed by atoms with Gasteiger partial charge in [-0.25, -0.2) is 4.99 Å². The minimum absolute atomic E-state index is 0.393. The molecule has 0 aliphatic heterocycles. The number of aliphatic imine (C=N–C) groups is 1. The third kappa shape index (κ3) is 4.48. The Kier molecular flexibility index (Phi) is 4.42. The Morgan fingerprint density at radius 3 is 2.45 bits per heavy atom. The molecule has 0 heterocycles. The van der Waals surface area contributed by atoms with Crippen LogP contribution in [0, 0.1) is 0 Å². The first-order valence-electron chi connectivity index (χ1n) is 3.62. The third-order valence-corrected chi connectivity index (χ3v) is 1.28. The van der Waals surface area contributed by atoms with Crippen molar-refractivity contribution in [2.45, 2.75) is 27.2 Å². The van der Waals surface area contributed by atoms with Crippen molar-refractivity contribution in [1.82, 2.24) is 0 Å². The van der Waals surface area contributed by atoms with Crippen molar-refractivity contribution in [3.63, 3.8) is 0 Å². The van der Waals surface area contributed by atoms with Crippen LogP contribution in [0.15, 0.2) is 28.7 Å². The van der Waals surface area contributed by atoms with E-state index in [4.69, 9.17) is 0 Å². The fourth-order valence-corrected chi connectivity index (χ4v) is 0.423. The number of hydrogen-bond donors (Lipinski definition) is 0. The second kappa shape index (κ2) is 4.83.